The normalized spacial score (nSPS) is 15.3. The summed E-state index contributed by atoms with van der Waals surface area (Å²) >= 11 is 6.22. The molecular weight excluding hydrogens is 354 g/mol. The lowest BCUT2D eigenvalue weighted by atomic mass is 10.1. The standard InChI is InChI=1S/C19H15NO3S2/c1-12(21)15-6-2-14(3-7-15)11-23-16-8-4-13(5-9-16)10-17-18(22)20-19(24)25-17/h2-10H,11H2,1H3,(H,20,22,24)/b17-10+. The van der Waals surface area contributed by atoms with Crippen LogP contribution in [0, 0.1) is 0 Å². The van der Waals surface area contributed by atoms with Gasteiger partial charge in [-0.05, 0) is 36.3 Å². The van der Waals surface area contributed by atoms with E-state index >= 15 is 0 Å². The second-order valence-corrected chi connectivity index (χ2v) is 7.18. The Balaban J connectivity index is 1.61. The number of carbonyl (C=O) groups is 2. The van der Waals surface area contributed by atoms with Gasteiger partial charge in [0.25, 0.3) is 5.91 Å². The number of hydrogen-bond acceptors (Lipinski definition) is 5. The van der Waals surface area contributed by atoms with E-state index in [0.717, 1.165) is 16.9 Å². The molecule has 1 saturated heterocycles. The summed E-state index contributed by atoms with van der Waals surface area (Å²) in [5, 5.41) is 2.59. The second-order valence-electron chi connectivity index (χ2n) is 5.46. The molecule has 6 heteroatoms. The first-order valence-electron chi connectivity index (χ1n) is 7.59. The average molecular weight is 369 g/mol. The number of ether oxygens (including phenoxy) is 1. The van der Waals surface area contributed by atoms with E-state index in [1.54, 1.807) is 25.1 Å². The summed E-state index contributed by atoms with van der Waals surface area (Å²) < 4.78 is 6.22. The van der Waals surface area contributed by atoms with Gasteiger partial charge in [0.1, 0.15) is 16.7 Å². The lowest BCUT2D eigenvalue weighted by molar-refractivity contribution is -0.115. The van der Waals surface area contributed by atoms with Gasteiger partial charge in [-0.3, -0.25) is 9.59 Å². The minimum Gasteiger partial charge on any atom is -0.489 e. The van der Waals surface area contributed by atoms with Crippen LogP contribution in [0.4, 0.5) is 0 Å². The van der Waals surface area contributed by atoms with Crippen LogP contribution in [-0.4, -0.2) is 16.0 Å². The van der Waals surface area contributed by atoms with Gasteiger partial charge >= 0.3 is 0 Å². The van der Waals surface area contributed by atoms with Gasteiger partial charge in [-0.25, -0.2) is 0 Å². The van der Waals surface area contributed by atoms with Crippen LogP contribution in [0.25, 0.3) is 6.08 Å². The average Bonchev–Trinajstić information content (AvgIpc) is 2.92. The van der Waals surface area contributed by atoms with Crippen molar-refractivity contribution in [1.82, 2.24) is 5.32 Å². The third kappa shape index (κ3) is 4.55. The van der Waals surface area contributed by atoms with Crippen LogP contribution in [-0.2, 0) is 11.4 Å². The molecule has 1 N–H and O–H groups in total. The van der Waals surface area contributed by atoms with Gasteiger partial charge in [0.15, 0.2) is 5.78 Å². The highest BCUT2D eigenvalue weighted by Crippen LogP contribution is 2.26. The van der Waals surface area contributed by atoms with Crippen molar-refractivity contribution in [3.8, 4) is 5.75 Å². The Labute approximate surface area is 155 Å². The van der Waals surface area contributed by atoms with E-state index in [1.165, 1.54) is 11.8 Å². The maximum Gasteiger partial charge on any atom is 0.263 e. The molecule has 3 rings (SSSR count). The lowest BCUT2D eigenvalue weighted by Crippen LogP contribution is -2.17. The maximum absolute atomic E-state index is 11.6. The number of amides is 1. The lowest BCUT2D eigenvalue weighted by Gasteiger charge is -2.07. The monoisotopic (exact) mass is 369 g/mol. The molecule has 1 heterocycles. The summed E-state index contributed by atoms with van der Waals surface area (Å²) in [4.78, 5) is 23.5. The summed E-state index contributed by atoms with van der Waals surface area (Å²) in [6, 6.07) is 14.8. The van der Waals surface area contributed by atoms with Crippen molar-refractivity contribution in [2.24, 2.45) is 0 Å². The maximum atomic E-state index is 11.6. The van der Waals surface area contributed by atoms with Crippen LogP contribution >= 0.6 is 24.0 Å². The molecule has 0 saturated carbocycles. The first-order chi connectivity index (χ1) is 12.0. The Kier molecular flexibility index (Phi) is 5.31. The molecule has 0 atom stereocenters. The highest BCUT2D eigenvalue weighted by atomic mass is 32.2. The zero-order valence-electron chi connectivity index (χ0n) is 13.4. The predicted octanol–water partition coefficient (Wildman–Crippen LogP) is 3.96. The predicted molar refractivity (Wildman–Crippen MR) is 104 cm³/mol. The van der Waals surface area contributed by atoms with Crippen molar-refractivity contribution in [3.05, 3.63) is 70.1 Å². The van der Waals surface area contributed by atoms with Crippen LogP contribution in [0.15, 0.2) is 53.4 Å². The zero-order valence-corrected chi connectivity index (χ0v) is 15.1. The van der Waals surface area contributed by atoms with E-state index in [-0.39, 0.29) is 11.7 Å². The Morgan fingerprint density at radius 1 is 1.16 bits per heavy atom. The number of thiocarbonyl (C=S) groups is 1. The minimum absolute atomic E-state index is 0.0482. The number of hydrogen-bond donors (Lipinski definition) is 1. The van der Waals surface area contributed by atoms with Crippen LogP contribution < -0.4 is 10.1 Å². The molecule has 25 heavy (non-hydrogen) atoms. The van der Waals surface area contributed by atoms with Crippen molar-refractivity contribution < 1.29 is 14.3 Å². The molecule has 1 aliphatic heterocycles. The summed E-state index contributed by atoms with van der Waals surface area (Å²) in [6.07, 6.45) is 1.80. The van der Waals surface area contributed by atoms with E-state index in [2.05, 4.69) is 5.32 Å². The molecule has 126 valence electrons. The van der Waals surface area contributed by atoms with Crippen molar-refractivity contribution in [1.29, 1.82) is 0 Å². The van der Waals surface area contributed by atoms with Crippen molar-refractivity contribution in [2.75, 3.05) is 0 Å². The number of rotatable bonds is 5. The molecule has 0 bridgehead atoms. The number of nitrogens with one attached hydrogen (secondary N) is 1. The number of ketones is 1. The minimum atomic E-state index is -0.163. The van der Waals surface area contributed by atoms with Crippen molar-refractivity contribution >= 4 is 46.1 Å². The van der Waals surface area contributed by atoms with Crippen LogP contribution in [0.2, 0.25) is 0 Å². The third-order valence-electron chi connectivity index (χ3n) is 3.59. The van der Waals surface area contributed by atoms with Gasteiger partial charge in [0.2, 0.25) is 0 Å². The van der Waals surface area contributed by atoms with E-state index in [0.29, 0.717) is 21.4 Å². The molecule has 0 unspecified atom stereocenters. The van der Waals surface area contributed by atoms with Gasteiger partial charge in [-0.1, -0.05) is 60.4 Å². The highest BCUT2D eigenvalue weighted by Gasteiger charge is 2.21. The quantitative estimate of drug-likeness (QED) is 0.491. The Bertz CT molecular complexity index is 855. The van der Waals surface area contributed by atoms with Crippen LogP contribution in [0.3, 0.4) is 0 Å². The fourth-order valence-corrected chi connectivity index (χ4v) is 3.28. The van der Waals surface area contributed by atoms with Gasteiger partial charge in [0.05, 0.1) is 4.91 Å². The molecule has 4 nitrogen and oxygen atoms in total. The van der Waals surface area contributed by atoms with Crippen LogP contribution in [0.1, 0.15) is 28.4 Å². The highest BCUT2D eigenvalue weighted by molar-refractivity contribution is 8.26. The summed E-state index contributed by atoms with van der Waals surface area (Å²) in [7, 11) is 0. The first kappa shape index (κ1) is 17.4. The van der Waals surface area contributed by atoms with E-state index in [9.17, 15) is 9.59 Å². The van der Waals surface area contributed by atoms with E-state index < -0.39 is 0 Å². The molecule has 0 aromatic heterocycles. The Hall–Kier alpha value is -2.44. The summed E-state index contributed by atoms with van der Waals surface area (Å²) in [5.41, 5.74) is 2.58. The third-order valence-corrected chi connectivity index (χ3v) is 4.75. The van der Waals surface area contributed by atoms with Gasteiger partial charge < -0.3 is 10.1 Å². The molecule has 1 aliphatic rings. The molecular formula is C19H15NO3S2. The van der Waals surface area contributed by atoms with Gasteiger partial charge in [0, 0.05) is 5.56 Å². The fraction of sp³-hybridized carbons (Fsp3) is 0.105. The first-order valence-corrected chi connectivity index (χ1v) is 8.81. The molecule has 2 aromatic rings. The molecule has 0 aliphatic carbocycles. The molecule has 0 radical (unpaired) electrons. The fourth-order valence-electron chi connectivity index (χ4n) is 2.24. The molecule has 0 spiro atoms. The smallest absolute Gasteiger partial charge is 0.263 e. The van der Waals surface area contributed by atoms with Gasteiger partial charge in [-0.2, -0.15) is 0 Å². The van der Waals surface area contributed by atoms with Crippen LogP contribution in [0.5, 0.6) is 5.75 Å². The second kappa shape index (κ2) is 7.63. The number of Topliss-reactive ketones (excluding diaryl/α,β-unsaturated/α-hetero) is 1. The van der Waals surface area contributed by atoms with E-state index in [4.69, 9.17) is 17.0 Å². The topological polar surface area (TPSA) is 55.4 Å². The van der Waals surface area contributed by atoms with Gasteiger partial charge in [-0.15, -0.1) is 0 Å². The number of benzene rings is 2. The molecule has 1 amide bonds. The summed E-state index contributed by atoms with van der Waals surface area (Å²) in [5.74, 6) is 0.619. The Morgan fingerprint density at radius 3 is 2.40 bits per heavy atom. The zero-order chi connectivity index (χ0) is 17.8. The molecule has 2 aromatic carbocycles. The summed E-state index contributed by atoms with van der Waals surface area (Å²) in [6.45, 7) is 1.97. The number of carbonyl (C=O) groups excluding carboxylic acids is 2. The largest absolute Gasteiger partial charge is 0.489 e. The molecule has 1 fully saturated rings. The van der Waals surface area contributed by atoms with Crippen molar-refractivity contribution in [2.45, 2.75) is 13.5 Å². The van der Waals surface area contributed by atoms with E-state index in [1.807, 2.05) is 36.4 Å². The number of thioether (sulfide) groups is 1. The SMILES string of the molecule is CC(=O)c1ccc(COc2ccc(/C=C3/SC(=S)NC3=O)cc2)cc1. The van der Waals surface area contributed by atoms with Crippen molar-refractivity contribution in [3.63, 3.8) is 0 Å². The Morgan fingerprint density at radius 2 is 1.84 bits per heavy atom.